The smallest absolute Gasteiger partial charge is 0.248 e. The van der Waals surface area contributed by atoms with Crippen LogP contribution in [0.1, 0.15) is 38.3 Å². The van der Waals surface area contributed by atoms with Crippen molar-refractivity contribution in [2.24, 2.45) is 11.8 Å². The van der Waals surface area contributed by atoms with Gasteiger partial charge in [0, 0.05) is 16.1 Å². The van der Waals surface area contributed by atoms with Crippen molar-refractivity contribution in [3.63, 3.8) is 0 Å². The Bertz CT molecular complexity index is 1530. The molecule has 1 spiro atoms. The van der Waals surface area contributed by atoms with Gasteiger partial charge in [-0.25, -0.2) is 0 Å². The Morgan fingerprint density at radius 3 is 2.16 bits per heavy atom. The molecule has 6 atom stereocenters. The number of hydrogen-bond donors (Lipinski definition) is 3. The summed E-state index contributed by atoms with van der Waals surface area (Å²) in [7, 11) is 1.57. The van der Waals surface area contributed by atoms with E-state index in [1.807, 2.05) is 44.2 Å². The normalized spacial score (nSPS) is 27.5. The molecule has 0 radical (unpaired) electrons. The van der Waals surface area contributed by atoms with E-state index < -0.39 is 33.4 Å². The van der Waals surface area contributed by atoms with Gasteiger partial charge in [-0.05, 0) is 80.8 Å². The number of nitrogens with zero attached hydrogens (tertiary/aromatic N) is 1. The van der Waals surface area contributed by atoms with Gasteiger partial charge in [0.25, 0.3) is 0 Å². The van der Waals surface area contributed by atoms with Crippen molar-refractivity contribution >= 4 is 40.9 Å². The van der Waals surface area contributed by atoms with Crippen LogP contribution in [0.2, 0.25) is 0 Å². The number of carbonyl (C=O) groups excluding carboxylic acids is 3. The highest BCUT2D eigenvalue weighted by Gasteiger charge is 2.77. The zero-order valence-electron chi connectivity index (χ0n) is 25.0. The van der Waals surface area contributed by atoms with Gasteiger partial charge in [-0.15, -0.1) is 11.8 Å². The minimum Gasteiger partial charge on any atom is -0.497 e. The van der Waals surface area contributed by atoms with Gasteiger partial charge in [0.05, 0.1) is 42.9 Å². The maximum Gasteiger partial charge on any atom is 0.248 e. The molecule has 3 heterocycles. The first-order chi connectivity index (χ1) is 21.2. The molecule has 3 fully saturated rings. The molecule has 3 aromatic rings. The average Bonchev–Trinajstić information content (AvgIpc) is 3.60. The molecule has 10 heteroatoms. The van der Waals surface area contributed by atoms with E-state index in [0.717, 1.165) is 5.56 Å². The van der Waals surface area contributed by atoms with Crippen LogP contribution in [0.5, 0.6) is 11.5 Å². The molecule has 3 aliphatic heterocycles. The number of ether oxygens (including phenoxy) is 2. The fourth-order valence-electron chi connectivity index (χ4n) is 7.34. The number of rotatable bonds is 10. The number of carbonyl (C=O) groups is 3. The van der Waals surface area contributed by atoms with Crippen LogP contribution < -0.4 is 20.1 Å². The van der Waals surface area contributed by atoms with Crippen molar-refractivity contribution < 1.29 is 29.0 Å². The Morgan fingerprint density at radius 2 is 1.57 bits per heavy atom. The molecule has 3 aromatic carbocycles. The van der Waals surface area contributed by atoms with E-state index in [1.54, 1.807) is 72.3 Å². The summed E-state index contributed by atoms with van der Waals surface area (Å²) in [5, 5.41) is 16.7. The number of anilines is 2. The second-order valence-electron chi connectivity index (χ2n) is 11.7. The minimum absolute atomic E-state index is 0.250. The van der Waals surface area contributed by atoms with Crippen molar-refractivity contribution in [2.75, 3.05) is 31.0 Å². The van der Waals surface area contributed by atoms with E-state index in [9.17, 15) is 19.5 Å². The summed E-state index contributed by atoms with van der Waals surface area (Å²) in [5.41, 5.74) is 1.90. The van der Waals surface area contributed by atoms with Gasteiger partial charge in [0.2, 0.25) is 17.7 Å². The lowest BCUT2D eigenvalue weighted by Gasteiger charge is -2.37. The summed E-state index contributed by atoms with van der Waals surface area (Å²) >= 11 is 1.59. The fourth-order valence-corrected chi connectivity index (χ4v) is 9.68. The second-order valence-corrected chi connectivity index (χ2v) is 13.6. The van der Waals surface area contributed by atoms with Crippen molar-refractivity contribution in [3.05, 3.63) is 84.4 Å². The zero-order valence-corrected chi connectivity index (χ0v) is 25.8. The van der Waals surface area contributed by atoms with Gasteiger partial charge in [-0.3, -0.25) is 14.4 Å². The van der Waals surface area contributed by atoms with Crippen LogP contribution >= 0.6 is 11.8 Å². The van der Waals surface area contributed by atoms with Gasteiger partial charge >= 0.3 is 0 Å². The molecule has 0 aromatic heterocycles. The Balaban J connectivity index is 1.37. The van der Waals surface area contributed by atoms with Gasteiger partial charge in [0.15, 0.2) is 0 Å². The highest BCUT2D eigenvalue weighted by molar-refractivity contribution is 8.02. The molecule has 9 nitrogen and oxygen atoms in total. The lowest BCUT2D eigenvalue weighted by molar-refractivity contribution is -0.141. The van der Waals surface area contributed by atoms with Crippen molar-refractivity contribution in [1.82, 2.24) is 4.90 Å². The molecule has 0 aliphatic carbocycles. The van der Waals surface area contributed by atoms with E-state index >= 15 is 0 Å². The van der Waals surface area contributed by atoms with Crippen molar-refractivity contribution in [2.45, 2.75) is 48.3 Å². The number of aliphatic hydroxyl groups excluding tert-OH is 1. The highest BCUT2D eigenvalue weighted by Crippen LogP contribution is 2.72. The van der Waals surface area contributed by atoms with Crippen LogP contribution in [0.25, 0.3) is 0 Å². The van der Waals surface area contributed by atoms with E-state index in [2.05, 4.69) is 10.6 Å². The van der Waals surface area contributed by atoms with Crippen molar-refractivity contribution in [1.29, 1.82) is 0 Å². The Kier molecular flexibility index (Phi) is 8.06. The van der Waals surface area contributed by atoms with Crippen LogP contribution in [-0.4, -0.2) is 63.6 Å². The summed E-state index contributed by atoms with van der Waals surface area (Å²) in [6.07, 6.45) is 1.28. The first kappa shape index (κ1) is 30.0. The molecule has 0 saturated carbocycles. The van der Waals surface area contributed by atoms with Gasteiger partial charge < -0.3 is 30.1 Å². The van der Waals surface area contributed by atoms with Crippen LogP contribution in [-0.2, 0) is 14.4 Å². The predicted molar refractivity (Wildman–Crippen MR) is 170 cm³/mol. The molecule has 3 N–H and O–H groups in total. The summed E-state index contributed by atoms with van der Waals surface area (Å²) < 4.78 is 9.41. The third kappa shape index (κ3) is 4.99. The molecule has 230 valence electrons. The molecular formula is C34H37N3O6S. The number of thioether (sulfide) groups is 1. The lowest BCUT2D eigenvalue weighted by atomic mass is 9.66. The number of hydrogen-bond acceptors (Lipinski definition) is 7. The molecule has 3 saturated heterocycles. The highest BCUT2D eigenvalue weighted by atomic mass is 32.2. The summed E-state index contributed by atoms with van der Waals surface area (Å²) in [6.45, 7) is 4.11. The third-order valence-corrected chi connectivity index (χ3v) is 11.2. The standard InChI is InChI=1S/C34H37N3O6S/c1-4-43-25-16-12-22(13-17-25)35-30(39)27-28-32(41)37(26(20-38)21-8-6-5-7-9-21)29(34(28)19-18-33(27,2)44-34)31(40)36-23-10-14-24(42-3)15-11-23/h5-17,26-29,38H,4,18-20H2,1-3H3,(H,35,39)(H,36,40)/t26-,27+,28+,29?,33-,34?/m1/s1. The number of amides is 3. The Morgan fingerprint density at radius 1 is 0.955 bits per heavy atom. The predicted octanol–water partition coefficient (Wildman–Crippen LogP) is 4.89. The van der Waals surface area contributed by atoms with E-state index in [0.29, 0.717) is 42.3 Å². The second kappa shape index (κ2) is 11.8. The number of aliphatic hydroxyl groups is 1. The van der Waals surface area contributed by atoms with Crippen LogP contribution in [0.15, 0.2) is 78.9 Å². The summed E-state index contributed by atoms with van der Waals surface area (Å²) in [5.74, 6) is -0.927. The minimum atomic E-state index is -0.908. The third-order valence-electron chi connectivity index (χ3n) is 9.23. The van der Waals surface area contributed by atoms with Gasteiger partial charge in [0.1, 0.15) is 17.5 Å². The molecular weight excluding hydrogens is 578 g/mol. The number of benzene rings is 3. The number of fused-ring (bicyclic) bond motifs is 1. The fraction of sp³-hybridized carbons (Fsp3) is 0.382. The molecule has 2 bridgehead atoms. The zero-order chi connectivity index (χ0) is 31.1. The van der Waals surface area contributed by atoms with E-state index in [1.165, 1.54) is 0 Å². The molecule has 44 heavy (non-hydrogen) atoms. The monoisotopic (exact) mass is 615 g/mol. The molecule has 3 aliphatic rings. The van der Waals surface area contributed by atoms with E-state index in [4.69, 9.17) is 9.47 Å². The maximum absolute atomic E-state index is 14.6. The lowest BCUT2D eigenvalue weighted by Crippen LogP contribution is -2.52. The number of methoxy groups -OCH3 is 1. The average molecular weight is 616 g/mol. The van der Waals surface area contributed by atoms with Gasteiger partial charge in [-0.1, -0.05) is 30.3 Å². The number of likely N-dealkylation sites (tertiary alicyclic amines) is 1. The topological polar surface area (TPSA) is 117 Å². The first-order valence-corrected chi connectivity index (χ1v) is 15.7. The Labute approximate surface area is 261 Å². The number of nitrogens with one attached hydrogen (secondary N) is 2. The summed E-state index contributed by atoms with van der Waals surface area (Å²) in [6, 6.07) is 21.8. The van der Waals surface area contributed by atoms with E-state index in [-0.39, 0.29) is 24.3 Å². The first-order valence-electron chi connectivity index (χ1n) is 14.9. The van der Waals surface area contributed by atoms with Crippen LogP contribution in [0.4, 0.5) is 11.4 Å². The maximum atomic E-state index is 14.6. The largest absolute Gasteiger partial charge is 0.497 e. The summed E-state index contributed by atoms with van der Waals surface area (Å²) in [4.78, 5) is 44.6. The molecule has 2 unspecified atom stereocenters. The molecule has 3 amide bonds. The van der Waals surface area contributed by atoms with Crippen LogP contribution in [0, 0.1) is 11.8 Å². The van der Waals surface area contributed by atoms with Gasteiger partial charge in [-0.2, -0.15) is 0 Å². The Hall–Kier alpha value is -4.02. The SMILES string of the molecule is CCOc1ccc(NC(=O)[C@@H]2[C@H]3C(=O)N([C@H](CO)c4ccccc4)C(C(=O)Nc4ccc(OC)cc4)C34CC[C@@]2(C)S4)cc1. The van der Waals surface area contributed by atoms with Crippen LogP contribution in [0.3, 0.4) is 0 Å². The molecule has 6 rings (SSSR count). The quantitative estimate of drug-likeness (QED) is 0.298. The van der Waals surface area contributed by atoms with Crippen molar-refractivity contribution in [3.8, 4) is 11.5 Å².